The summed E-state index contributed by atoms with van der Waals surface area (Å²) in [4.78, 5) is 0. The molecule has 2 rings (SSSR count). The van der Waals surface area contributed by atoms with Crippen LogP contribution in [-0.4, -0.2) is 17.3 Å². The Morgan fingerprint density at radius 1 is 1.32 bits per heavy atom. The monoisotopic (exact) mass is 256 g/mol. The molecular formula is C15H16N2O2. The first kappa shape index (κ1) is 13.4. The quantitative estimate of drug-likeness (QED) is 0.900. The summed E-state index contributed by atoms with van der Waals surface area (Å²) in [6.07, 6.45) is 1.79. The van der Waals surface area contributed by atoms with Gasteiger partial charge in [-0.25, -0.2) is 0 Å². The number of hydrogen-bond donors (Lipinski definition) is 1. The maximum absolute atomic E-state index is 9.79. The van der Waals surface area contributed by atoms with Gasteiger partial charge in [0.2, 0.25) is 0 Å². The number of nitrogens with zero attached hydrogens (tertiary/aromatic N) is 2. The summed E-state index contributed by atoms with van der Waals surface area (Å²) in [6, 6.07) is 9.39. The van der Waals surface area contributed by atoms with Gasteiger partial charge < -0.3 is 9.84 Å². The molecule has 0 saturated heterocycles. The number of aryl methyl sites for hydroxylation is 1. The standard InChI is InChI=1S/C15H16N2O2/c1-10-5-6-14(12(7-10)11(8-16)9-17)19-15-4-2-3-13(15)18/h5-7,11,13,15,18H,2-4H2,1H3. The highest BCUT2D eigenvalue weighted by Crippen LogP contribution is 2.31. The second-order valence-corrected chi connectivity index (χ2v) is 4.89. The molecule has 1 fully saturated rings. The van der Waals surface area contributed by atoms with Crippen molar-refractivity contribution in [3.63, 3.8) is 0 Å². The number of aliphatic hydroxyl groups is 1. The van der Waals surface area contributed by atoms with Gasteiger partial charge in [0.25, 0.3) is 0 Å². The Labute approximate surface area is 112 Å². The van der Waals surface area contributed by atoms with Gasteiger partial charge in [-0.05, 0) is 38.3 Å². The first-order valence-electron chi connectivity index (χ1n) is 6.40. The second kappa shape index (κ2) is 5.73. The topological polar surface area (TPSA) is 77.0 Å². The number of hydrogen-bond acceptors (Lipinski definition) is 4. The van der Waals surface area contributed by atoms with Crippen molar-refractivity contribution in [2.24, 2.45) is 0 Å². The molecule has 1 aliphatic carbocycles. The van der Waals surface area contributed by atoms with Crippen LogP contribution >= 0.6 is 0 Å². The van der Waals surface area contributed by atoms with Crippen molar-refractivity contribution in [1.29, 1.82) is 10.5 Å². The molecule has 1 aromatic rings. The van der Waals surface area contributed by atoms with E-state index in [4.69, 9.17) is 15.3 Å². The van der Waals surface area contributed by atoms with Gasteiger partial charge in [-0.15, -0.1) is 0 Å². The lowest BCUT2D eigenvalue weighted by molar-refractivity contribution is 0.0598. The highest BCUT2D eigenvalue weighted by molar-refractivity contribution is 5.45. The Kier molecular flexibility index (Phi) is 4.04. The van der Waals surface area contributed by atoms with Crippen molar-refractivity contribution >= 4 is 0 Å². The van der Waals surface area contributed by atoms with Crippen LogP contribution in [-0.2, 0) is 0 Å². The molecule has 4 heteroatoms. The van der Waals surface area contributed by atoms with Crippen LogP contribution in [0.3, 0.4) is 0 Å². The van der Waals surface area contributed by atoms with Crippen LogP contribution in [0.5, 0.6) is 5.75 Å². The van der Waals surface area contributed by atoms with Crippen molar-refractivity contribution in [2.75, 3.05) is 0 Å². The maximum atomic E-state index is 9.79. The van der Waals surface area contributed by atoms with Crippen LogP contribution in [0.25, 0.3) is 0 Å². The summed E-state index contributed by atoms with van der Waals surface area (Å²) in [5, 5.41) is 27.9. The molecule has 0 aromatic heterocycles. The SMILES string of the molecule is Cc1ccc(OC2CCCC2O)c(C(C#N)C#N)c1. The molecule has 4 nitrogen and oxygen atoms in total. The second-order valence-electron chi connectivity index (χ2n) is 4.89. The molecule has 1 aliphatic rings. The molecule has 0 aliphatic heterocycles. The largest absolute Gasteiger partial charge is 0.487 e. The van der Waals surface area contributed by atoms with E-state index in [0.29, 0.717) is 11.3 Å². The average molecular weight is 256 g/mol. The molecule has 2 unspecified atom stereocenters. The first-order chi connectivity index (χ1) is 9.15. The van der Waals surface area contributed by atoms with Crippen LogP contribution in [0.2, 0.25) is 0 Å². The van der Waals surface area contributed by atoms with E-state index in [1.165, 1.54) is 0 Å². The van der Waals surface area contributed by atoms with Gasteiger partial charge in [-0.1, -0.05) is 11.6 Å². The number of ether oxygens (including phenoxy) is 1. The fourth-order valence-corrected chi connectivity index (χ4v) is 2.38. The van der Waals surface area contributed by atoms with Crippen LogP contribution < -0.4 is 4.74 Å². The van der Waals surface area contributed by atoms with E-state index in [1.807, 2.05) is 25.1 Å². The van der Waals surface area contributed by atoms with Crippen molar-refractivity contribution < 1.29 is 9.84 Å². The maximum Gasteiger partial charge on any atom is 0.161 e. The minimum Gasteiger partial charge on any atom is -0.487 e. The fourth-order valence-electron chi connectivity index (χ4n) is 2.38. The Balaban J connectivity index is 2.30. The molecule has 1 aromatic carbocycles. The zero-order chi connectivity index (χ0) is 13.8. The van der Waals surface area contributed by atoms with E-state index in [2.05, 4.69) is 0 Å². The van der Waals surface area contributed by atoms with Gasteiger partial charge in [-0.2, -0.15) is 10.5 Å². The molecule has 98 valence electrons. The van der Waals surface area contributed by atoms with Gasteiger partial charge in [0.15, 0.2) is 5.92 Å². The van der Waals surface area contributed by atoms with E-state index in [-0.39, 0.29) is 6.10 Å². The molecular weight excluding hydrogens is 240 g/mol. The zero-order valence-electron chi connectivity index (χ0n) is 10.8. The summed E-state index contributed by atoms with van der Waals surface area (Å²) in [7, 11) is 0. The first-order valence-corrected chi connectivity index (χ1v) is 6.40. The molecule has 1 N–H and O–H groups in total. The number of nitriles is 2. The van der Waals surface area contributed by atoms with Gasteiger partial charge in [0.1, 0.15) is 11.9 Å². The predicted molar refractivity (Wildman–Crippen MR) is 69.4 cm³/mol. The molecule has 0 spiro atoms. The minimum absolute atomic E-state index is 0.237. The van der Waals surface area contributed by atoms with E-state index in [0.717, 1.165) is 24.8 Å². The molecule has 0 bridgehead atoms. The number of aliphatic hydroxyl groups excluding tert-OH is 1. The summed E-state index contributed by atoms with van der Waals surface area (Å²) in [6.45, 7) is 1.91. The molecule has 0 amide bonds. The minimum atomic E-state index is -0.839. The van der Waals surface area contributed by atoms with E-state index < -0.39 is 12.0 Å². The van der Waals surface area contributed by atoms with Crippen molar-refractivity contribution in [3.05, 3.63) is 29.3 Å². The van der Waals surface area contributed by atoms with E-state index in [9.17, 15) is 5.11 Å². The summed E-state index contributed by atoms with van der Waals surface area (Å²) >= 11 is 0. The van der Waals surface area contributed by atoms with Crippen LogP contribution in [0.1, 0.15) is 36.3 Å². The van der Waals surface area contributed by atoms with Gasteiger partial charge in [0, 0.05) is 5.56 Å². The van der Waals surface area contributed by atoms with Crippen molar-refractivity contribution in [2.45, 2.75) is 44.3 Å². The Morgan fingerprint density at radius 3 is 2.63 bits per heavy atom. The molecule has 1 saturated carbocycles. The molecule has 0 heterocycles. The lowest BCUT2D eigenvalue weighted by Gasteiger charge is -2.20. The van der Waals surface area contributed by atoms with E-state index in [1.54, 1.807) is 12.1 Å². The molecule has 19 heavy (non-hydrogen) atoms. The third-order valence-electron chi connectivity index (χ3n) is 3.43. The van der Waals surface area contributed by atoms with Crippen molar-refractivity contribution in [1.82, 2.24) is 0 Å². The fraction of sp³-hybridized carbons (Fsp3) is 0.467. The Morgan fingerprint density at radius 2 is 2.05 bits per heavy atom. The summed E-state index contributed by atoms with van der Waals surface area (Å²) < 4.78 is 5.81. The third-order valence-corrected chi connectivity index (χ3v) is 3.43. The van der Waals surface area contributed by atoms with Gasteiger partial charge in [-0.3, -0.25) is 0 Å². The number of rotatable bonds is 3. The van der Waals surface area contributed by atoms with Crippen molar-refractivity contribution in [3.8, 4) is 17.9 Å². The lowest BCUT2D eigenvalue weighted by Crippen LogP contribution is -2.26. The normalized spacial score (nSPS) is 21.9. The third kappa shape index (κ3) is 2.86. The summed E-state index contributed by atoms with van der Waals surface area (Å²) in [5.74, 6) is -0.307. The smallest absolute Gasteiger partial charge is 0.161 e. The number of benzene rings is 1. The summed E-state index contributed by atoms with van der Waals surface area (Å²) in [5.41, 5.74) is 1.56. The average Bonchev–Trinajstić information content (AvgIpc) is 2.80. The van der Waals surface area contributed by atoms with Gasteiger partial charge >= 0.3 is 0 Å². The predicted octanol–water partition coefficient (Wildman–Crippen LogP) is 2.42. The van der Waals surface area contributed by atoms with E-state index >= 15 is 0 Å². The molecule has 2 atom stereocenters. The highest BCUT2D eigenvalue weighted by Gasteiger charge is 2.28. The van der Waals surface area contributed by atoms with Crippen LogP contribution in [0.15, 0.2) is 18.2 Å². The zero-order valence-corrected chi connectivity index (χ0v) is 10.8. The van der Waals surface area contributed by atoms with Crippen LogP contribution in [0.4, 0.5) is 0 Å². The highest BCUT2D eigenvalue weighted by atomic mass is 16.5. The Bertz CT molecular complexity index is 528. The van der Waals surface area contributed by atoms with Gasteiger partial charge in [0.05, 0.1) is 18.2 Å². The Hall–Kier alpha value is -2.04. The molecule has 0 radical (unpaired) electrons. The lowest BCUT2D eigenvalue weighted by atomic mass is 9.99. The van der Waals surface area contributed by atoms with Crippen LogP contribution in [0, 0.1) is 29.6 Å².